The lowest BCUT2D eigenvalue weighted by Gasteiger charge is -2.32. The first-order chi connectivity index (χ1) is 14.6. The Kier molecular flexibility index (Phi) is 4.90. The number of hydrogen-bond donors (Lipinski definition) is 1. The third-order valence-electron chi connectivity index (χ3n) is 6.24. The van der Waals surface area contributed by atoms with E-state index in [0.29, 0.717) is 30.8 Å². The number of carbonyl (C=O) groups is 1. The van der Waals surface area contributed by atoms with Gasteiger partial charge in [-0.1, -0.05) is 6.07 Å². The van der Waals surface area contributed by atoms with Gasteiger partial charge >= 0.3 is 0 Å². The molecular weight excluding hydrogens is 386 g/mol. The number of fused-ring (bicyclic) bond motifs is 3. The maximum absolute atomic E-state index is 12.9. The molecular formula is C23H26NO6+. The molecule has 0 fully saturated rings. The topological polar surface area (TPSA) is 67.7 Å². The summed E-state index contributed by atoms with van der Waals surface area (Å²) in [5.41, 5.74) is 3.36. The molecule has 2 aromatic carbocycles. The van der Waals surface area contributed by atoms with Crippen molar-refractivity contribution in [2.45, 2.75) is 31.7 Å². The Morgan fingerprint density at radius 2 is 1.90 bits per heavy atom. The standard InChI is InChI=1S/C23H25NO6/c1-24-8-7-15-10-20-22(30-13-29-20)23(26-2)21(15)17(24)11-16(25)5-3-14-4-6-18-19(9-14)28-12-27-18/h4,6,9-10,17H,3,5,7-8,11-13H2,1-2H3/p+1/t17-/m0/s1. The molecule has 0 amide bonds. The fourth-order valence-electron chi connectivity index (χ4n) is 4.61. The SMILES string of the molecule is COc1c2c(cc3c1[C@H](CC(=O)CCc1ccc4c(c1)OCO4)[NH+](C)CC3)OCO2. The number of ether oxygens (including phenoxy) is 5. The summed E-state index contributed by atoms with van der Waals surface area (Å²) < 4.78 is 27.8. The Morgan fingerprint density at radius 3 is 2.77 bits per heavy atom. The number of hydrogen-bond acceptors (Lipinski definition) is 6. The minimum atomic E-state index is 0.0439. The number of rotatable bonds is 6. The smallest absolute Gasteiger partial charge is 0.231 e. The highest BCUT2D eigenvalue weighted by molar-refractivity contribution is 5.80. The second-order valence-corrected chi connectivity index (χ2v) is 8.05. The van der Waals surface area contributed by atoms with E-state index < -0.39 is 0 Å². The number of likely N-dealkylation sites (N-methyl/N-ethyl adjacent to an activating group) is 1. The number of aryl methyl sites for hydroxylation is 1. The van der Waals surface area contributed by atoms with Gasteiger partial charge in [-0.05, 0) is 35.7 Å². The van der Waals surface area contributed by atoms with Crippen LogP contribution in [0.4, 0.5) is 0 Å². The van der Waals surface area contributed by atoms with Gasteiger partial charge < -0.3 is 28.6 Å². The molecule has 0 bridgehead atoms. The molecule has 158 valence electrons. The van der Waals surface area contributed by atoms with Gasteiger partial charge in [0, 0.05) is 12.8 Å². The molecule has 0 radical (unpaired) electrons. The van der Waals surface area contributed by atoms with Crippen LogP contribution in [0, 0.1) is 0 Å². The first-order valence-electron chi connectivity index (χ1n) is 10.4. The van der Waals surface area contributed by atoms with Crippen LogP contribution < -0.4 is 28.6 Å². The summed E-state index contributed by atoms with van der Waals surface area (Å²) in [7, 11) is 3.79. The van der Waals surface area contributed by atoms with Crippen LogP contribution in [0.2, 0.25) is 0 Å². The van der Waals surface area contributed by atoms with Crippen molar-refractivity contribution in [1.82, 2.24) is 0 Å². The first-order valence-corrected chi connectivity index (χ1v) is 10.4. The fourth-order valence-corrected chi connectivity index (χ4v) is 4.61. The Balaban J connectivity index is 1.33. The van der Waals surface area contributed by atoms with Gasteiger partial charge in [0.05, 0.1) is 32.7 Å². The number of Topliss-reactive ketones (excluding diaryl/α,β-unsaturated/α-hetero) is 1. The van der Waals surface area contributed by atoms with Crippen LogP contribution >= 0.6 is 0 Å². The average molecular weight is 412 g/mol. The number of quaternary nitrogens is 1. The summed E-state index contributed by atoms with van der Waals surface area (Å²) in [5.74, 6) is 3.87. The molecule has 1 unspecified atom stereocenters. The van der Waals surface area contributed by atoms with E-state index in [2.05, 4.69) is 13.1 Å². The summed E-state index contributed by atoms with van der Waals surface area (Å²) in [6.45, 7) is 1.43. The highest BCUT2D eigenvalue weighted by Gasteiger charge is 2.37. The Hall–Kier alpha value is -2.93. The zero-order valence-electron chi connectivity index (χ0n) is 17.3. The van der Waals surface area contributed by atoms with Crippen molar-refractivity contribution >= 4 is 5.78 Å². The lowest BCUT2D eigenvalue weighted by Crippen LogP contribution is -3.10. The van der Waals surface area contributed by atoms with Crippen molar-refractivity contribution < 1.29 is 33.4 Å². The van der Waals surface area contributed by atoms with E-state index in [0.717, 1.165) is 41.3 Å². The Labute approximate surface area is 175 Å². The van der Waals surface area contributed by atoms with Gasteiger partial charge in [-0.15, -0.1) is 0 Å². The second kappa shape index (κ2) is 7.72. The molecule has 0 aromatic heterocycles. The summed E-state index contributed by atoms with van der Waals surface area (Å²) in [6.07, 6.45) is 2.58. The minimum Gasteiger partial charge on any atom is -0.492 e. The predicted octanol–water partition coefficient (Wildman–Crippen LogP) is 1.86. The molecule has 0 saturated carbocycles. The molecule has 3 aliphatic heterocycles. The van der Waals surface area contributed by atoms with E-state index >= 15 is 0 Å². The average Bonchev–Trinajstić information content (AvgIpc) is 3.41. The predicted molar refractivity (Wildman–Crippen MR) is 108 cm³/mol. The molecule has 3 heterocycles. The lowest BCUT2D eigenvalue weighted by atomic mass is 9.87. The number of benzene rings is 2. The molecule has 7 heteroatoms. The zero-order valence-corrected chi connectivity index (χ0v) is 17.3. The second-order valence-electron chi connectivity index (χ2n) is 8.05. The van der Waals surface area contributed by atoms with Gasteiger partial charge in [-0.25, -0.2) is 0 Å². The van der Waals surface area contributed by atoms with E-state index in [4.69, 9.17) is 23.7 Å². The molecule has 30 heavy (non-hydrogen) atoms. The fraction of sp³-hybridized carbons (Fsp3) is 0.435. The molecule has 0 aliphatic carbocycles. The van der Waals surface area contributed by atoms with Crippen molar-refractivity contribution in [2.75, 3.05) is 34.3 Å². The molecule has 2 aromatic rings. The van der Waals surface area contributed by atoms with Crippen LogP contribution in [0.15, 0.2) is 24.3 Å². The molecule has 3 aliphatic rings. The monoisotopic (exact) mass is 412 g/mol. The molecule has 7 nitrogen and oxygen atoms in total. The first kappa shape index (κ1) is 19.1. The minimum absolute atomic E-state index is 0.0439. The summed E-state index contributed by atoms with van der Waals surface area (Å²) in [6, 6.07) is 7.97. The van der Waals surface area contributed by atoms with Gasteiger partial charge in [-0.2, -0.15) is 0 Å². The van der Waals surface area contributed by atoms with Crippen molar-refractivity contribution in [2.24, 2.45) is 0 Å². The summed E-state index contributed by atoms with van der Waals surface area (Å²) in [4.78, 5) is 14.3. The van der Waals surface area contributed by atoms with E-state index in [9.17, 15) is 4.79 Å². The van der Waals surface area contributed by atoms with Crippen molar-refractivity contribution in [3.8, 4) is 28.7 Å². The largest absolute Gasteiger partial charge is 0.492 e. The highest BCUT2D eigenvalue weighted by atomic mass is 16.7. The van der Waals surface area contributed by atoms with Gasteiger partial charge in [0.15, 0.2) is 23.0 Å². The normalized spacial score (nSPS) is 20.7. The molecule has 5 rings (SSSR count). The number of nitrogens with one attached hydrogen (secondary N) is 1. The zero-order chi connectivity index (χ0) is 20.7. The van der Waals surface area contributed by atoms with Crippen molar-refractivity contribution in [3.05, 3.63) is 41.0 Å². The third-order valence-corrected chi connectivity index (χ3v) is 6.24. The van der Waals surface area contributed by atoms with Crippen molar-refractivity contribution in [1.29, 1.82) is 0 Å². The van der Waals surface area contributed by atoms with Crippen LogP contribution in [0.25, 0.3) is 0 Å². The van der Waals surface area contributed by atoms with Crippen LogP contribution in [-0.4, -0.2) is 40.1 Å². The van der Waals surface area contributed by atoms with Gasteiger partial charge in [0.1, 0.15) is 11.8 Å². The van der Waals surface area contributed by atoms with Crippen LogP contribution in [-0.2, 0) is 17.6 Å². The molecule has 0 spiro atoms. The van der Waals surface area contributed by atoms with E-state index in [1.807, 2.05) is 18.2 Å². The summed E-state index contributed by atoms with van der Waals surface area (Å²) in [5, 5.41) is 0. The number of carbonyl (C=O) groups excluding carboxylic acids is 1. The van der Waals surface area contributed by atoms with Crippen LogP contribution in [0.5, 0.6) is 28.7 Å². The lowest BCUT2D eigenvalue weighted by molar-refractivity contribution is -0.914. The quantitative estimate of drug-likeness (QED) is 0.781. The van der Waals surface area contributed by atoms with E-state index in [-0.39, 0.29) is 25.4 Å². The van der Waals surface area contributed by atoms with Crippen molar-refractivity contribution in [3.63, 3.8) is 0 Å². The van der Waals surface area contributed by atoms with Gasteiger partial charge in [0.2, 0.25) is 19.3 Å². The number of methoxy groups -OCH3 is 1. The highest BCUT2D eigenvalue weighted by Crippen LogP contribution is 2.47. The summed E-state index contributed by atoms with van der Waals surface area (Å²) >= 11 is 0. The van der Waals surface area contributed by atoms with Crippen LogP contribution in [0.3, 0.4) is 0 Å². The maximum Gasteiger partial charge on any atom is 0.231 e. The number of ketones is 1. The Morgan fingerprint density at radius 1 is 1.10 bits per heavy atom. The molecule has 0 saturated heterocycles. The Bertz CT molecular complexity index is 988. The molecule has 2 atom stereocenters. The van der Waals surface area contributed by atoms with Gasteiger partial charge in [-0.3, -0.25) is 4.79 Å². The van der Waals surface area contributed by atoms with Crippen LogP contribution in [0.1, 0.15) is 35.6 Å². The van der Waals surface area contributed by atoms with E-state index in [1.165, 1.54) is 10.5 Å². The third kappa shape index (κ3) is 3.33. The maximum atomic E-state index is 12.9. The van der Waals surface area contributed by atoms with E-state index in [1.54, 1.807) is 7.11 Å². The van der Waals surface area contributed by atoms with Gasteiger partial charge in [0.25, 0.3) is 0 Å². The molecule has 1 N–H and O–H groups in total.